The summed E-state index contributed by atoms with van der Waals surface area (Å²) in [5.41, 5.74) is 1.50. The van der Waals surface area contributed by atoms with Crippen molar-refractivity contribution in [3.05, 3.63) is 72.4 Å². The number of carbonyl (C=O) groups excluding carboxylic acids is 1. The van der Waals surface area contributed by atoms with Crippen LogP contribution in [0.3, 0.4) is 0 Å². The lowest BCUT2D eigenvalue weighted by Gasteiger charge is -2.10. The van der Waals surface area contributed by atoms with Crippen molar-refractivity contribution in [1.29, 1.82) is 0 Å². The van der Waals surface area contributed by atoms with Gasteiger partial charge in [0.15, 0.2) is 11.5 Å². The number of carbonyl (C=O) groups is 1. The molecule has 1 N–H and O–H groups in total. The molecule has 0 atom stereocenters. The van der Waals surface area contributed by atoms with Crippen molar-refractivity contribution in [2.75, 3.05) is 19.5 Å². The smallest absolute Gasteiger partial charge is 0.228 e. The van der Waals surface area contributed by atoms with Gasteiger partial charge in [0.05, 0.1) is 32.5 Å². The molecule has 0 unspecified atom stereocenters. The second-order valence-electron chi connectivity index (χ2n) is 5.71. The highest BCUT2D eigenvalue weighted by Crippen LogP contribution is 2.30. The standard InChI is InChI=1S/C21H20N2O4/c1-25-17-10-7-15(8-11-17)13-20(24)23-16-9-12-21(22-14-16)27-19-6-4-3-5-18(19)26-2/h3-12,14H,13H2,1-2H3,(H,23,24). The fourth-order valence-corrected chi connectivity index (χ4v) is 2.46. The van der Waals surface area contributed by atoms with Crippen molar-refractivity contribution >= 4 is 11.6 Å². The van der Waals surface area contributed by atoms with Crippen LogP contribution in [0.1, 0.15) is 5.56 Å². The van der Waals surface area contributed by atoms with E-state index in [1.165, 1.54) is 0 Å². The lowest BCUT2D eigenvalue weighted by molar-refractivity contribution is -0.115. The number of hydrogen-bond donors (Lipinski definition) is 1. The number of para-hydroxylation sites is 2. The van der Waals surface area contributed by atoms with E-state index < -0.39 is 0 Å². The van der Waals surface area contributed by atoms with Crippen LogP contribution in [-0.2, 0) is 11.2 Å². The molecule has 3 rings (SSSR count). The van der Waals surface area contributed by atoms with Gasteiger partial charge in [0.25, 0.3) is 0 Å². The maximum atomic E-state index is 12.2. The third kappa shape index (κ3) is 4.98. The minimum Gasteiger partial charge on any atom is -0.497 e. The van der Waals surface area contributed by atoms with E-state index >= 15 is 0 Å². The van der Waals surface area contributed by atoms with Gasteiger partial charge in [-0.25, -0.2) is 4.98 Å². The van der Waals surface area contributed by atoms with E-state index in [1.807, 2.05) is 42.5 Å². The number of nitrogens with one attached hydrogen (secondary N) is 1. The molecule has 0 aliphatic carbocycles. The number of hydrogen-bond acceptors (Lipinski definition) is 5. The number of pyridine rings is 1. The third-order valence-corrected chi connectivity index (χ3v) is 3.83. The number of benzene rings is 2. The quantitative estimate of drug-likeness (QED) is 0.684. The fourth-order valence-electron chi connectivity index (χ4n) is 2.46. The summed E-state index contributed by atoms with van der Waals surface area (Å²) in [6.45, 7) is 0. The van der Waals surface area contributed by atoms with E-state index in [4.69, 9.17) is 14.2 Å². The summed E-state index contributed by atoms with van der Waals surface area (Å²) >= 11 is 0. The van der Waals surface area contributed by atoms with Crippen LogP contribution in [0.4, 0.5) is 5.69 Å². The van der Waals surface area contributed by atoms with Gasteiger partial charge < -0.3 is 19.5 Å². The fraction of sp³-hybridized carbons (Fsp3) is 0.143. The molecule has 0 aliphatic heterocycles. The first-order chi connectivity index (χ1) is 13.2. The van der Waals surface area contributed by atoms with Crippen LogP contribution in [0.15, 0.2) is 66.9 Å². The van der Waals surface area contributed by atoms with Gasteiger partial charge in [-0.3, -0.25) is 4.79 Å². The summed E-state index contributed by atoms with van der Waals surface area (Å²) in [7, 11) is 3.19. The predicted octanol–water partition coefficient (Wildman–Crippen LogP) is 4.07. The zero-order valence-electron chi connectivity index (χ0n) is 15.1. The first kappa shape index (κ1) is 18.3. The molecule has 0 saturated carbocycles. The Kier molecular flexibility index (Phi) is 5.89. The van der Waals surface area contributed by atoms with Crippen molar-refractivity contribution in [2.45, 2.75) is 6.42 Å². The van der Waals surface area contributed by atoms with Gasteiger partial charge in [-0.15, -0.1) is 0 Å². The van der Waals surface area contributed by atoms with Crippen LogP contribution in [0, 0.1) is 0 Å². The number of anilines is 1. The maximum absolute atomic E-state index is 12.2. The van der Waals surface area contributed by atoms with Crippen molar-refractivity contribution in [3.8, 4) is 23.1 Å². The molecule has 1 heterocycles. The molecule has 3 aromatic rings. The van der Waals surface area contributed by atoms with Gasteiger partial charge in [-0.1, -0.05) is 24.3 Å². The van der Waals surface area contributed by atoms with Gasteiger partial charge in [-0.2, -0.15) is 0 Å². The highest BCUT2D eigenvalue weighted by Gasteiger charge is 2.07. The number of aromatic nitrogens is 1. The number of methoxy groups -OCH3 is 2. The van der Waals surface area contributed by atoms with Gasteiger partial charge in [-0.05, 0) is 35.9 Å². The molecule has 138 valence electrons. The normalized spacial score (nSPS) is 10.1. The lowest BCUT2D eigenvalue weighted by atomic mass is 10.1. The SMILES string of the molecule is COc1ccc(CC(=O)Nc2ccc(Oc3ccccc3OC)nc2)cc1. The summed E-state index contributed by atoms with van der Waals surface area (Å²) in [6, 6.07) is 18.1. The van der Waals surface area contributed by atoms with Crippen LogP contribution in [-0.4, -0.2) is 25.1 Å². The Morgan fingerprint density at radius 3 is 2.30 bits per heavy atom. The summed E-state index contributed by atoms with van der Waals surface area (Å²) in [5, 5.41) is 2.82. The van der Waals surface area contributed by atoms with Crippen LogP contribution in [0.5, 0.6) is 23.1 Å². The molecule has 1 amide bonds. The summed E-state index contributed by atoms with van der Waals surface area (Å²) in [4.78, 5) is 16.4. The second kappa shape index (κ2) is 8.71. The molecule has 0 fully saturated rings. The number of rotatable bonds is 7. The minimum absolute atomic E-state index is 0.125. The average molecular weight is 364 g/mol. The van der Waals surface area contributed by atoms with Gasteiger partial charge in [0.2, 0.25) is 11.8 Å². The Hall–Kier alpha value is -3.54. The first-order valence-electron chi connectivity index (χ1n) is 8.37. The monoisotopic (exact) mass is 364 g/mol. The average Bonchev–Trinajstić information content (AvgIpc) is 2.70. The number of ether oxygens (including phenoxy) is 3. The number of nitrogens with zero attached hydrogens (tertiary/aromatic N) is 1. The minimum atomic E-state index is -0.125. The third-order valence-electron chi connectivity index (χ3n) is 3.83. The Labute approximate surface area is 157 Å². The largest absolute Gasteiger partial charge is 0.497 e. The van der Waals surface area contributed by atoms with Crippen LogP contribution in [0.2, 0.25) is 0 Å². The highest BCUT2D eigenvalue weighted by molar-refractivity contribution is 5.92. The van der Waals surface area contributed by atoms with Crippen LogP contribution < -0.4 is 19.5 Å². The zero-order valence-corrected chi connectivity index (χ0v) is 15.1. The second-order valence-corrected chi connectivity index (χ2v) is 5.71. The summed E-state index contributed by atoms with van der Waals surface area (Å²) < 4.78 is 16.1. The van der Waals surface area contributed by atoms with Crippen LogP contribution >= 0.6 is 0 Å². The molecule has 0 saturated heterocycles. The van der Waals surface area contributed by atoms with Crippen LogP contribution in [0.25, 0.3) is 0 Å². The molecular formula is C21H20N2O4. The predicted molar refractivity (Wildman–Crippen MR) is 103 cm³/mol. The molecule has 1 aromatic heterocycles. The Bertz CT molecular complexity index is 893. The molecule has 2 aromatic carbocycles. The maximum Gasteiger partial charge on any atom is 0.228 e. The zero-order chi connectivity index (χ0) is 19.1. The van der Waals surface area contributed by atoms with Crippen molar-refractivity contribution < 1.29 is 19.0 Å². The molecule has 27 heavy (non-hydrogen) atoms. The number of amides is 1. The van der Waals surface area contributed by atoms with Crippen molar-refractivity contribution in [3.63, 3.8) is 0 Å². The van der Waals surface area contributed by atoms with Crippen molar-refractivity contribution in [2.24, 2.45) is 0 Å². The van der Waals surface area contributed by atoms with Crippen molar-refractivity contribution in [1.82, 2.24) is 4.98 Å². The van der Waals surface area contributed by atoms with Gasteiger partial charge in [0.1, 0.15) is 5.75 Å². The molecule has 6 heteroatoms. The Morgan fingerprint density at radius 2 is 1.67 bits per heavy atom. The molecule has 0 spiro atoms. The van der Waals surface area contributed by atoms with E-state index in [-0.39, 0.29) is 12.3 Å². The van der Waals surface area contributed by atoms with E-state index in [0.717, 1.165) is 11.3 Å². The Morgan fingerprint density at radius 1 is 0.926 bits per heavy atom. The molecule has 0 bridgehead atoms. The van der Waals surface area contributed by atoms with E-state index in [1.54, 1.807) is 38.6 Å². The molecule has 0 aliphatic rings. The van der Waals surface area contributed by atoms with Gasteiger partial charge >= 0.3 is 0 Å². The topological polar surface area (TPSA) is 69.7 Å². The highest BCUT2D eigenvalue weighted by atomic mass is 16.5. The lowest BCUT2D eigenvalue weighted by Crippen LogP contribution is -2.14. The molecule has 0 radical (unpaired) electrons. The molecular weight excluding hydrogens is 344 g/mol. The molecule has 6 nitrogen and oxygen atoms in total. The summed E-state index contributed by atoms with van der Waals surface area (Å²) in [5.74, 6) is 2.24. The first-order valence-corrected chi connectivity index (χ1v) is 8.37. The van der Waals surface area contributed by atoms with E-state index in [9.17, 15) is 4.79 Å². The van der Waals surface area contributed by atoms with E-state index in [2.05, 4.69) is 10.3 Å². The van der Waals surface area contributed by atoms with Gasteiger partial charge in [0, 0.05) is 6.07 Å². The Balaban J connectivity index is 1.59. The van der Waals surface area contributed by atoms with E-state index in [0.29, 0.717) is 23.1 Å². The summed E-state index contributed by atoms with van der Waals surface area (Å²) in [6.07, 6.45) is 1.82.